The van der Waals surface area contributed by atoms with E-state index < -0.39 is 0 Å². The third-order valence-corrected chi connectivity index (χ3v) is 4.50. The van der Waals surface area contributed by atoms with Crippen molar-refractivity contribution in [3.05, 3.63) is 77.8 Å². The van der Waals surface area contributed by atoms with Crippen molar-refractivity contribution < 1.29 is 0 Å². The van der Waals surface area contributed by atoms with E-state index in [9.17, 15) is 0 Å². The molecule has 0 saturated carbocycles. The molecule has 0 radical (unpaired) electrons. The standard InChI is InChI=1S/C20H16ClN3/c1-24-18-13-6-5-10-16(18)20(23-24)22-17-12-7-11-15(19(17)21)14-8-3-2-4-9-14/h2-13H,1H3,(H,22,23). The summed E-state index contributed by atoms with van der Waals surface area (Å²) in [6.45, 7) is 0. The molecule has 0 aliphatic rings. The molecule has 0 aliphatic heterocycles. The van der Waals surface area contributed by atoms with Crippen LogP contribution in [0, 0.1) is 0 Å². The molecule has 3 nitrogen and oxygen atoms in total. The van der Waals surface area contributed by atoms with Crippen molar-refractivity contribution in [1.82, 2.24) is 9.78 Å². The van der Waals surface area contributed by atoms with Gasteiger partial charge in [0, 0.05) is 18.0 Å². The van der Waals surface area contributed by atoms with Crippen molar-refractivity contribution in [3.8, 4) is 11.1 Å². The molecule has 0 saturated heterocycles. The summed E-state index contributed by atoms with van der Waals surface area (Å²) in [5.41, 5.74) is 4.02. The molecule has 1 N–H and O–H groups in total. The van der Waals surface area contributed by atoms with Gasteiger partial charge >= 0.3 is 0 Å². The minimum absolute atomic E-state index is 0.693. The van der Waals surface area contributed by atoms with Gasteiger partial charge in [-0.1, -0.05) is 66.2 Å². The summed E-state index contributed by atoms with van der Waals surface area (Å²) < 4.78 is 1.87. The summed E-state index contributed by atoms with van der Waals surface area (Å²) in [6.07, 6.45) is 0. The van der Waals surface area contributed by atoms with E-state index in [0.717, 1.165) is 33.5 Å². The van der Waals surface area contributed by atoms with Gasteiger partial charge in [0.25, 0.3) is 0 Å². The number of rotatable bonds is 3. The fourth-order valence-corrected chi connectivity index (χ4v) is 3.19. The van der Waals surface area contributed by atoms with Gasteiger partial charge in [0.05, 0.1) is 16.2 Å². The lowest BCUT2D eigenvalue weighted by Crippen LogP contribution is -1.95. The van der Waals surface area contributed by atoms with E-state index in [4.69, 9.17) is 11.6 Å². The molecule has 1 aromatic heterocycles. The van der Waals surface area contributed by atoms with Crippen LogP contribution in [0.2, 0.25) is 5.02 Å². The molecule has 0 fully saturated rings. The van der Waals surface area contributed by atoms with E-state index in [1.807, 2.05) is 60.3 Å². The molecule has 4 heteroatoms. The Kier molecular flexibility index (Phi) is 3.71. The van der Waals surface area contributed by atoms with Crippen molar-refractivity contribution in [1.29, 1.82) is 0 Å². The first kappa shape index (κ1) is 14.8. The average Bonchev–Trinajstić information content (AvgIpc) is 2.94. The van der Waals surface area contributed by atoms with Crippen LogP contribution in [0.3, 0.4) is 0 Å². The van der Waals surface area contributed by atoms with Crippen molar-refractivity contribution >= 4 is 34.0 Å². The highest BCUT2D eigenvalue weighted by Crippen LogP contribution is 2.36. The summed E-state index contributed by atoms with van der Waals surface area (Å²) in [7, 11) is 1.94. The first-order valence-corrected chi connectivity index (χ1v) is 8.14. The molecule has 0 atom stereocenters. The first-order valence-electron chi connectivity index (χ1n) is 7.77. The Bertz CT molecular complexity index is 1010. The topological polar surface area (TPSA) is 29.9 Å². The molecule has 118 valence electrons. The molecule has 4 rings (SSSR count). The van der Waals surface area contributed by atoms with E-state index in [2.05, 4.69) is 34.7 Å². The number of anilines is 2. The van der Waals surface area contributed by atoms with Gasteiger partial charge in [0.2, 0.25) is 0 Å². The maximum Gasteiger partial charge on any atom is 0.160 e. The Labute approximate surface area is 145 Å². The first-order chi connectivity index (χ1) is 11.7. The van der Waals surface area contributed by atoms with Crippen LogP contribution in [0.4, 0.5) is 11.5 Å². The van der Waals surface area contributed by atoms with Crippen LogP contribution in [0.1, 0.15) is 0 Å². The van der Waals surface area contributed by atoms with Gasteiger partial charge in [-0.05, 0) is 23.8 Å². The highest BCUT2D eigenvalue weighted by molar-refractivity contribution is 6.36. The number of aryl methyl sites for hydroxylation is 1. The van der Waals surface area contributed by atoms with Crippen molar-refractivity contribution in [2.45, 2.75) is 0 Å². The van der Waals surface area contributed by atoms with Gasteiger partial charge in [-0.25, -0.2) is 0 Å². The zero-order valence-corrected chi connectivity index (χ0v) is 14.0. The van der Waals surface area contributed by atoms with E-state index in [0.29, 0.717) is 5.02 Å². The minimum Gasteiger partial charge on any atom is -0.337 e. The highest BCUT2D eigenvalue weighted by atomic mass is 35.5. The summed E-state index contributed by atoms with van der Waals surface area (Å²) >= 11 is 6.65. The molecular formula is C20H16ClN3. The Balaban J connectivity index is 1.78. The van der Waals surface area contributed by atoms with E-state index in [1.54, 1.807) is 0 Å². The molecule has 0 bridgehead atoms. The lowest BCUT2D eigenvalue weighted by molar-refractivity contribution is 0.801. The maximum absolute atomic E-state index is 6.65. The third kappa shape index (κ3) is 2.53. The van der Waals surface area contributed by atoms with Crippen LogP contribution in [0.15, 0.2) is 72.8 Å². The number of benzene rings is 3. The molecule has 0 aliphatic carbocycles. The molecular weight excluding hydrogens is 318 g/mol. The monoisotopic (exact) mass is 333 g/mol. The molecule has 0 spiro atoms. The molecule has 24 heavy (non-hydrogen) atoms. The Hall–Kier alpha value is -2.78. The quantitative estimate of drug-likeness (QED) is 0.526. The van der Waals surface area contributed by atoms with Gasteiger partial charge < -0.3 is 5.32 Å². The predicted octanol–water partition coefficient (Wildman–Crippen LogP) is 5.64. The van der Waals surface area contributed by atoms with Crippen LogP contribution < -0.4 is 5.32 Å². The van der Waals surface area contributed by atoms with Crippen LogP contribution in [0.25, 0.3) is 22.0 Å². The number of hydrogen-bond donors (Lipinski definition) is 1. The van der Waals surface area contributed by atoms with Crippen molar-refractivity contribution in [3.63, 3.8) is 0 Å². The number of hydrogen-bond acceptors (Lipinski definition) is 2. The Morgan fingerprint density at radius 1 is 0.875 bits per heavy atom. The fraction of sp³-hybridized carbons (Fsp3) is 0.0500. The zero-order valence-electron chi connectivity index (χ0n) is 13.2. The largest absolute Gasteiger partial charge is 0.337 e. The molecule has 0 amide bonds. The second-order valence-electron chi connectivity index (χ2n) is 5.65. The SMILES string of the molecule is Cn1nc(Nc2cccc(-c3ccccc3)c2Cl)c2ccccc21. The number of aromatic nitrogens is 2. The van der Waals surface area contributed by atoms with Gasteiger partial charge in [0.15, 0.2) is 5.82 Å². The summed E-state index contributed by atoms with van der Waals surface area (Å²) in [4.78, 5) is 0. The summed E-state index contributed by atoms with van der Waals surface area (Å²) in [5.74, 6) is 0.806. The summed E-state index contributed by atoms with van der Waals surface area (Å²) in [5, 5.41) is 9.72. The Morgan fingerprint density at radius 3 is 2.46 bits per heavy atom. The third-order valence-electron chi connectivity index (χ3n) is 4.09. The second-order valence-corrected chi connectivity index (χ2v) is 6.03. The molecule has 4 aromatic rings. The van der Waals surface area contributed by atoms with Gasteiger partial charge in [-0.2, -0.15) is 5.10 Å². The average molecular weight is 334 g/mol. The zero-order chi connectivity index (χ0) is 16.5. The van der Waals surface area contributed by atoms with E-state index >= 15 is 0 Å². The van der Waals surface area contributed by atoms with Crippen molar-refractivity contribution in [2.75, 3.05) is 5.32 Å². The normalized spacial score (nSPS) is 10.9. The fourth-order valence-electron chi connectivity index (χ4n) is 2.90. The number of fused-ring (bicyclic) bond motifs is 1. The number of halogens is 1. The molecule has 0 unspecified atom stereocenters. The predicted molar refractivity (Wildman–Crippen MR) is 101 cm³/mol. The maximum atomic E-state index is 6.65. The minimum atomic E-state index is 0.693. The van der Waals surface area contributed by atoms with Crippen LogP contribution in [-0.4, -0.2) is 9.78 Å². The summed E-state index contributed by atoms with van der Waals surface area (Å²) in [6, 6.07) is 24.3. The smallest absolute Gasteiger partial charge is 0.160 e. The van der Waals surface area contributed by atoms with Crippen LogP contribution in [-0.2, 0) is 7.05 Å². The van der Waals surface area contributed by atoms with Gasteiger partial charge in [-0.3, -0.25) is 4.68 Å². The second kappa shape index (κ2) is 6.02. The number of para-hydroxylation sites is 1. The van der Waals surface area contributed by atoms with Crippen molar-refractivity contribution in [2.24, 2.45) is 7.05 Å². The van der Waals surface area contributed by atoms with Crippen LogP contribution >= 0.6 is 11.6 Å². The lowest BCUT2D eigenvalue weighted by Gasteiger charge is -2.11. The number of nitrogens with zero attached hydrogens (tertiary/aromatic N) is 2. The lowest BCUT2D eigenvalue weighted by atomic mass is 10.1. The molecule has 1 heterocycles. The number of nitrogens with one attached hydrogen (secondary N) is 1. The highest BCUT2D eigenvalue weighted by Gasteiger charge is 2.12. The Morgan fingerprint density at radius 2 is 1.62 bits per heavy atom. The molecule has 3 aromatic carbocycles. The van der Waals surface area contributed by atoms with Gasteiger partial charge in [-0.15, -0.1) is 0 Å². The van der Waals surface area contributed by atoms with E-state index in [-0.39, 0.29) is 0 Å². The van der Waals surface area contributed by atoms with E-state index in [1.165, 1.54) is 0 Å². The van der Waals surface area contributed by atoms with Gasteiger partial charge in [0.1, 0.15) is 0 Å². The van der Waals surface area contributed by atoms with Crippen LogP contribution in [0.5, 0.6) is 0 Å².